The van der Waals surface area contributed by atoms with Crippen LogP contribution >= 0.6 is 7.74 Å². The summed E-state index contributed by atoms with van der Waals surface area (Å²) in [5.41, 5.74) is 0. The predicted octanol–water partition coefficient (Wildman–Crippen LogP) is -6.20. The van der Waals surface area contributed by atoms with Crippen molar-refractivity contribution in [2.75, 3.05) is 0 Å². The van der Waals surface area contributed by atoms with Crippen molar-refractivity contribution in [3.05, 3.63) is 0 Å². The summed E-state index contributed by atoms with van der Waals surface area (Å²) in [6.45, 7) is 0. The third-order valence-electron chi connectivity index (χ3n) is 0.275. The average molecular weight is 225 g/mol. The van der Waals surface area contributed by atoms with E-state index in [1.54, 1.807) is 0 Å². The molecule has 3 N–H and O–H groups in total. The standard InChI is InChI=1S/Al.Ga.Li.H3O5P.7H/c;;;1-6(2,3)4-5-6;;;;;;;/h;;;1-3H;;;;;;;/q;;+1;;;;;;;;-1. The number of hydrogen-bond donors (Lipinski definition) is 3. The van der Waals surface area contributed by atoms with E-state index in [9.17, 15) is 0 Å². The number of hydrogen-bond acceptors (Lipinski definition) is 5. The molecule has 1 heterocycles. The Morgan fingerprint density at radius 3 is 1.22 bits per heavy atom. The van der Waals surface area contributed by atoms with E-state index in [4.69, 9.17) is 14.7 Å². The molecular formula is H10AlGaLiO5P. The van der Waals surface area contributed by atoms with Crippen LogP contribution < -0.4 is 18.9 Å². The molecule has 0 spiro atoms. The van der Waals surface area contributed by atoms with Gasteiger partial charge in [0.2, 0.25) is 0 Å². The maximum absolute atomic E-state index is 7.89. The van der Waals surface area contributed by atoms with Crippen LogP contribution in [0.1, 0.15) is 1.43 Å². The van der Waals surface area contributed by atoms with Gasteiger partial charge >= 0.3 is 70.4 Å². The summed E-state index contributed by atoms with van der Waals surface area (Å²) in [6.07, 6.45) is 0. The van der Waals surface area contributed by atoms with Crippen molar-refractivity contribution >= 4 is 44.9 Å². The summed E-state index contributed by atoms with van der Waals surface area (Å²) < 4.78 is 6.76. The monoisotopic (exact) mass is 224 g/mol. The van der Waals surface area contributed by atoms with Crippen molar-refractivity contribution < 1.29 is 44.3 Å². The van der Waals surface area contributed by atoms with Crippen LogP contribution in [0, 0.1) is 0 Å². The first kappa shape index (κ1) is 17.2. The molecule has 9 heavy (non-hydrogen) atoms. The van der Waals surface area contributed by atoms with E-state index in [2.05, 4.69) is 9.35 Å². The second kappa shape index (κ2) is 4.13. The topological polar surface area (TPSA) is 85.8 Å². The SMILES string of the molecule is OP1(O)(O)OO1.[AlH3].[GaH3].[H-].[Li+]. The van der Waals surface area contributed by atoms with Crippen LogP contribution in [0.15, 0.2) is 0 Å². The molecule has 0 atom stereocenters. The van der Waals surface area contributed by atoms with Crippen LogP contribution in [0.5, 0.6) is 0 Å². The summed E-state index contributed by atoms with van der Waals surface area (Å²) in [5, 5.41) is 0. The Bertz CT molecular complexity index is 85.4. The predicted molar refractivity (Wildman–Crippen MR) is 36.7 cm³/mol. The molecule has 0 amide bonds. The van der Waals surface area contributed by atoms with Crippen LogP contribution in [-0.4, -0.2) is 51.8 Å². The first-order valence-corrected chi connectivity index (χ1v) is 3.06. The van der Waals surface area contributed by atoms with Crippen LogP contribution in [0.2, 0.25) is 0 Å². The van der Waals surface area contributed by atoms with Crippen LogP contribution in [0.3, 0.4) is 0 Å². The van der Waals surface area contributed by atoms with Gasteiger partial charge < -0.3 is 1.43 Å². The Morgan fingerprint density at radius 2 is 1.22 bits per heavy atom. The molecule has 0 bridgehead atoms. The van der Waals surface area contributed by atoms with Gasteiger partial charge in [-0.05, 0) is 0 Å². The summed E-state index contributed by atoms with van der Waals surface area (Å²) in [5.74, 6) is 0. The molecule has 0 radical (unpaired) electrons. The number of rotatable bonds is 0. The zero-order valence-electron chi connectivity index (χ0n) is 4.61. The maximum atomic E-state index is 7.89. The first-order valence-electron chi connectivity index (χ1n) is 1.13. The zero-order valence-corrected chi connectivity index (χ0v) is 4.50. The van der Waals surface area contributed by atoms with Gasteiger partial charge in [-0.3, -0.25) is 0 Å². The molecule has 1 fully saturated rings. The van der Waals surface area contributed by atoms with Gasteiger partial charge in [-0.25, -0.2) is 0 Å². The molecule has 1 aliphatic heterocycles. The molecule has 1 aliphatic rings. The van der Waals surface area contributed by atoms with E-state index in [-0.39, 0.29) is 57.4 Å². The fourth-order valence-electron chi connectivity index (χ4n) is 0.0447. The van der Waals surface area contributed by atoms with Gasteiger partial charge in [0.25, 0.3) is 0 Å². The van der Waals surface area contributed by atoms with Gasteiger partial charge in [-0.2, -0.15) is 0 Å². The molecule has 0 aromatic rings. The Balaban J connectivity index is -0.0000000450. The minimum atomic E-state index is -4.80. The van der Waals surface area contributed by atoms with E-state index in [0.29, 0.717) is 0 Å². The van der Waals surface area contributed by atoms with E-state index < -0.39 is 7.74 Å². The molecular weight excluding hydrogens is 215 g/mol. The normalized spacial score (nSPS) is 28.6. The molecule has 5 nitrogen and oxygen atoms in total. The Labute approximate surface area is 88.8 Å². The van der Waals surface area contributed by atoms with E-state index >= 15 is 0 Å². The molecule has 9 heteroatoms. The molecule has 1 rings (SSSR count). The summed E-state index contributed by atoms with van der Waals surface area (Å²) >= 11 is 0. The third kappa shape index (κ3) is 7.90. The minimum absolute atomic E-state index is 0. The summed E-state index contributed by atoms with van der Waals surface area (Å²) in [7, 11) is -4.80. The Kier molecular flexibility index (Phi) is 7.89. The van der Waals surface area contributed by atoms with Crippen molar-refractivity contribution in [2.45, 2.75) is 0 Å². The van der Waals surface area contributed by atoms with Gasteiger partial charge in [-0.15, -0.1) is 0 Å². The molecule has 1 saturated heterocycles. The van der Waals surface area contributed by atoms with E-state index in [0.717, 1.165) is 0 Å². The van der Waals surface area contributed by atoms with Gasteiger partial charge in [0.05, 0.1) is 0 Å². The van der Waals surface area contributed by atoms with Gasteiger partial charge in [0.15, 0.2) is 17.4 Å². The smallest absolute Gasteiger partial charge is 1.00 e. The molecule has 0 unspecified atom stereocenters. The molecule has 0 aromatic carbocycles. The second-order valence-electron chi connectivity index (χ2n) is 0.982. The van der Waals surface area contributed by atoms with Gasteiger partial charge in [0, 0.05) is 0 Å². The van der Waals surface area contributed by atoms with Crippen molar-refractivity contribution in [2.24, 2.45) is 0 Å². The summed E-state index contributed by atoms with van der Waals surface area (Å²) in [6, 6.07) is 0. The van der Waals surface area contributed by atoms with Crippen LogP contribution in [0.4, 0.5) is 0 Å². The van der Waals surface area contributed by atoms with Gasteiger partial charge in [0.1, 0.15) is 0 Å². The van der Waals surface area contributed by atoms with E-state index in [1.165, 1.54) is 0 Å². The largest absolute Gasteiger partial charge is 1.00 e. The molecule has 0 saturated carbocycles. The molecule has 0 aromatic heterocycles. The second-order valence-corrected chi connectivity index (χ2v) is 2.95. The van der Waals surface area contributed by atoms with Crippen LogP contribution in [-0.2, 0) is 9.35 Å². The maximum Gasteiger partial charge on any atom is 1.00 e. The summed E-state index contributed by atoms with van der Waals surface area (Å²) in [4.78, 5) is 23.7. The Morgan fingerprint density at radius 1 is 1.11 bits per heavy atom. The fourth-order valence-corrected chi connectivity index (χ4v) is 0.402. The van der Waals surface area contributed by atoms with Crippen molar-refractivity contribution in [3.63, 3.8) is 0 Å². The zero-order chi connectivity index (χ0) is 4.86. The minimum Gasteiger partial charge on any atom is -1.00 e. The van der Waals surface area contributed by atoms with Crippen molar-refractivity contribution in [1.82, 2.24) is 0 Å². The first-order chi connectivity index (χ1) is 2.47. The Hall–Kier alpha value is 2.00. The van der Waals surface area contributed by atoms with Crippen molar-refractivity contribution in [3.8, 4) is 0 Å². The fraction of sp³-hybridized carbons (Fsp3) is 0. The molecule has 0 aliphatic carbocycles. The third-order valence-corrected chi connectivity index (χ3v) is 0.824. The van der Waals surface area contributed by atoms with E-state index in [1.807, 2.05) is 0 Å². The average Bonchev–Trinajstić information content (AvgIpc) is 1.73. The van der Waals surface area contributed by atoms with Gasteiger partial charge in [-0.1, -0.05) is 0 Å². The molecule has 52 valence electrons. The van der Waals surface area contributed by atoms with Crippen molar-refractivity contribution in [1.29, 1.82) is 0 Å². The van der Waals surface area contributed by atoms with Crippen LogP contribution in [0.25, 0.3) is 0 Å². The quantitative estimate of drug-likeness (QED) is 0.165.